The summed E-state index contributed by atoms with van der Waals surface area (Å²) < 4.78 is 4.98. The van der Waals surface area contributed by atoms with Crippen molar-refractivity contribution in [1.29, 1.82) is 0 Å². The molecule has 3 rings (SSSR count). The summed E-state index contributed by atoms with van der Waals surface area (Å²) in [4.78, 5) is 11.7. The van der Waals surface area contributed by atoms with E-state index in [0.717, 1.165) is 6.42 Å². The average Bonchev–Trinajstić information content (AvgIpc) is 3.27. The zero-order valence-electron chi connectivity index (χ0n) is 13.4. The van der Waals surface area contributed by atoms with E-state index in [4.69, 9.17) is 4.74 Å². The Morgan fingerprint density at radius 2 is 2.17 bits per heavy atom. The van der Waals surface area contributed by atoms with E-state index in [-0.39, 0.29) is 6.04 Å². The van der Waals surface area contributed by atoms with Gasteiger partial charge in [0.05, 0.1) is 12.6 Å². The molecule has 5 nitrogen and oxygen atoms in total. The van der Waals surface area contributed by atoms with Crippen LogP contribution >= 0.6 is 11.3 Å². The summed E-state index contributed by atoms with van der Waals surface area (Å²) in [6.45, 7) is 2.12. The summed E-state index contributed by atoms with van der Waals surface area (Å²) in [5.41, 5.74) is 2.79. The number of hydrogen-bond acceptors (Lipinski definition) is 5. The predicted octanol–water partition coefficient (Wildman–Crippen LogP) is 4.04. The van der Waals surface area contributed by atoms with E-state index < -0.39 is 5.97 Å². The second-order valence-corrected chi connectivity index (χ2v) is 6.11. The number of nitrogens with one attached hydrogen (secondary N) is 2. The van der Waals surface area contributed by atoms with Gasteiger partial charge in [-0.2, -0.15) is 16.4 Å². The van der Waals surface area contributed by atoms with Crippen LogP contribution in [-0.2, 0) is 11.2 Å². The van der Waals surface area contributed by atoms with Gasteiger partial charge >= 0.3 is 5.97 Å². The van der Waals surface area contributed by atoms with Gasteiger partial charge in [-0.25, -0.2) is 4.79 Å². The molecule has 0 fully saturated rings. The molecular formula is C18H19N3O2S. The molecule has 0 amide bonds. The zero-order valence-corrected chi connectivity index (χ0v) is 14.2. The minimum Gasteiger partial charge on any atom is -0.461 e. The molecule has 1 atom stereocenters. The summed E-state index contributed by atoms with van der Waals surface area (Å²) >= 11 is 1.66. The fourth-order valence-electron chi connectivity index (χ4n) is 2.46. The van der Waals surface area contributed by atoms with Crippen LogP contribution in [0.1, 0.15) is 34.6 Å². The first kappa shape index (κ1) is 16.3. The van der Waals surface area contributed by atoms with Gasteiger partial charge in [0.25, 0.3) is 0 Å². The lowest BCUT2D eigenvalue weighted by Crippen LogP contribution is -2.13. The van der Waals surface area contributed by atoms with E-state index in [1.54, 1.807) is 24.3 Å². The van der Waals surface area contributed by atoms with Gasteiger partial charge in [0.2, 0.25) is 0 Å². The lowest BCUT2D eigenvalue weighted by atomic mass is 10.0. The Bertz CT molecular complexity index is 769. The second-order valence-electron chi connectivity index (χ2n) is 5.33. The van der Waals surface area contributed by atoms with Crippen molar-refractivity contribution in [3.8, 4) is 0 Å². The maximum absolute atomic E-state index is 11.7. The summed E-state index contributed by atoms with van der Waals surface area (Å²) in [7, 11) is 0. The summed E-state index contributed by atoms with van der Waals surface area (Å²) in [5, 5.41) is 14.5. The highest BCUT2D eigenvalue weighted by Crippen LogP contribution is 2.25. The van der Waals surface area contributed by atoms with Gasteiger partial charge in [-0.3, -0.25) is 5.10 Å². The van der Waals surface area contributed by atoms with E-state index >= 15 is 0 Å². The zero-order chi connectivity index (χ0) is 16.8. The topological polar surface area (TPSA) is 67.0 Å². The molecular weight excluding hydrogens is 322 g/mol. The molecule has 0 aliphatic rings. The lowest BCUT2D eigenvalue weighted by Gasteiger charge is -2.17. The summed E-state index contributed by atoms with van der Waals surface area (Å²) in [6.07, 6.45) is 0.833. The van der Waals surface area contributed by atoms with Gasteiger partial charge in [-0.15, -0.1) is 0 Å². The van der Waals surface area contributed by atoms with E-state index in [2.05, 4.69) is 44.5 Å². The number of esters is 1. The fraction of sp³-hybridized carbons (Fsp3) is 0.222. The number of rotatable bonds is 7. The van der Waals surface area contributed by atoms with Crippen molar-refractivity contribution in [2.45, 2.75) is 19.4 Å². The first-order valence-corrected chi connectivity index (χ1v) is 8.75. The molecule has 3 aromatic rings. The summed E-state index contributed by atoms with van der Waals surface area (Å²) in [6, 6.07) is 14.2. The van der Waals surface area contributed by atoms with Crippen molar-refractivity contribution in [3.05, 3.63) is 70.0 Å². The molecule has 0 saturated heterocycles. The Morgan fingerprint density at radius 3 is 2.88 bits per heavy atom. The third-order valence-electron chi connectivity index (χ3n) is 3.62. The standard InChI is InChI=1S/C18H19N3O2S/c1-2-23-18(22)16-11-17(21-20-16)19-15(14-8-9-24-12-14)10-13-6-4-3-5-7-13/h3-9,11-12,15H,2,10H2,1H3,(H2,19,20,21). The van der Waals surface area contributed by atoms with Crippen molar-refractivity contribution < 1.29 is 9.53 Å². The molecule has 124 valence electrons. The molecule has 6 heteroatoms. The van der Waals surface area contributed by atoms with E-state index in [1.807, 2.05) is 18.2 Å². The number of benzene rings is 1. The van der Waals surface area contributed by atoms with Crippen LogP contribution < -0.4 is 5.32 Å². The monoisotopic (exact) mass is 341 g/mol. The molecule has 0 spiro atoms. The van der Waals surface area contributed by atoms with Gasteiger partial charge in [-0.05, 0) is 41.3 Å². The van der Waals surface area contributed by atoms with Crippen LogP contribution in [0.15, 0.2) is 53.2 Å². The molecule has 24 heavy (non-hydrogen) atoms. The molecule has 0 aliphatic heterocycles. The quantitative estimate of drug-likeness (QED) is 0.636. The van der Waals surface area contributed by atoms with Crippen molar-refractivity contribution in [3.63, 3.8) is 0 Å². The van der Waals surface area contributed by atoms with Crippen LogP contribution in [0.25, 0.3) is 0 Å². The van der Waals surface area contributed by atoms with Gasteiger partial charge in [0.15, 0.2) is 0 Å². The number of thiophene rings is 1. The molecule has 0 bridgehead atoms. The van der Waals surface area contributed by atoms with Gasteiger partial charge < -0.3 is 10.1 Å². The number of nitrogens with zero attached hydrogens (tertiary/aromatic N) is 1. The minimum atomic E-state index is -0.395. The van der Waals surface area contributed by atoms with Crippen LogP contribution in [0.3, 0.4) is 0 Å². The van der Waals surface area contributed by atoms with Crippen molar-refractivity contribution in [1.82, 2.24) is 10.2 Å². The fourth-order valence-corrected chi connectivity index (χ4v) is 3.18. The minimum absolute atomic E-state index is 0.0806. The Labute approximate surface area is 144 Å². The number of aromatic nitrogens is 2. The average molecular weight is 341 g/mol. The number of aromatic amines is 1. The number of H-pyrrole nitrogens is 1. The van der Waals surface area contributed by atoms with Crippen LogP contribution in [0.2, 0.25) is 0 Å². The van der Waals surface area contributed by atoms with E-state index in [0.29, 0.717) is 18.1 Å². The largest absolute Gasteiger partial charge is 0.461 e. The Balaban J connectivity index is 1.76. The molecule has 1 aromatic carbocycles. The third-order valence-corrected chi connectivity index (χ3v) is 4.32. The number of carbonyl (C=O) groups excluding carboxylic acids is 1. The predicted molar refractivity (Wildman–Crippen MR) is 95.4 cm³/mol. The smallest absolute Gasteiger partial charge is 0.356 e. The molecule has 0 radical (unpaired) electrons. The number of carbonyl (C=O) groups is 1. The first-order valence-electron chi connectivity index (χ1n) is 7.81. The maximum Gasteiger partial charge on any atom is 0.356 e. The van der Waals surface area contributed by atoms with Crippen molar-refractivity contribution in [2.24, 2.45) is 0 Å². The highest BCUT2D eigenvalue weighted by molar-refractivity contribution is 7.08. The first-order chi connectivity index (χ1) is 11.8. The molecule has 1 unspecified atom stereocenters. The van der Waals surface area contributed by atoms with Crippen molar-refractivity contribution >= 4 is 23.1 Å². The van der Waals surface area contributed by atoms with Crippen LogP contribution in [0.4, 0.5) is 5.82 Å². The molecule has 2 heterocycles. The van der Waals surface area contributed by atoms with Gasteiger partial charge in [0, 0.05) is 6.07 Å². The van der Waals surface area contributed by atoms with E-state index in [9.17, 15) is 4.79 Å². The number of anilines is 1. The Hall–Kier alpha value is -2.60. The highest BCUT2D eigenvalue weighted by atomic mass is 32.1. The molecule has 2 N–H and O–H groups in total. The number of ether oxygens (including phenoxy) is 1. The molecule has 2 aromatic heterocycles. The Kier molecular flexibility index (Phi) is 5.28. The normalized spacial score (nSPS) is 11.9. The van der Waals surface area contributed by atoms with Gasteiger partial charge in [-0.1, -0.05) is 30.3 Å². The van der Waals surface area contributed by atoms with Crippen LogP contribution in [0.5, 0.6) is 0 Å². The van der Waals surface area contributed by atoms with Crippen LogP contribution in [0, 0.1) is 0 Å². The van der Waals surface area contributed by atoms with Crippen molar-refractivity contribution in [2.75, 3.05) is 11.9 Å². The maximum atomic E-state index is 11.7. The lowest BCUT2D eigenvalue weighted by molar-refractivity contribution is 0.0519. The van der Waals surface area contributed by atoms with Gasteiger partial charge in [0.1, 0.15) is 11.5 Å². The molecule has 0 saturated carbocycles. The second kappa shape index (κ2) is 7.79. The third kappa shape index (κ3) is 4.02. The van der Waals surface area contributed by atoms with Crippen LogP contribution in [-0.4, -0.2) is 22.8 Å². The number of hydrogen-bond donors (Lipinski definition) is 2. The SMILES string of the molecule is CCOC(=O)c1cc(NC(Cc2ccccc2)c2ccsc2)n[nH]1. The molecule has 0 aliphatic carbocycles. The summed E-state index contributed by atoms with van der Waals surface area (Å²) in [5.74, 6) is 0.235. The highest BCUT2D eigenvalue weighted by Gasteiger charge is 2.16. The Morgan fingerprint density at radius 1 is 1.33 bits per heavy atom. The van der Waals surface area contributed by atoms with E-state index in [1.165, 1.54) is 11.1 Å².